The predicted molar refractivity (Wildman–Crippen MR) is 66.3 cm³/mol. The van der Waals surface area contributed by atoms with Crippen molar-refractivity contribution in [3.63, 3.8) is 0 Å². The summed E-state index contributed by atoms with van der Waals surface area (Å²) in [6.45, 7) is 4.91. The molecule has 0 heterocycles. The van der Waals surface area contributed by atoms with Gasteiger partial charge in [0.05, 0.1) is 4.90 Å². The van der Waals surface area contributed by atoms with Crippen molar-refractivity contribution in [2.75, 3.05) is 13.1 Å². The molecule has 0 saturated heterocycles. The first kappa shape index (κ1) is 14.0. The normalized spacial score (nSPS) is 11.9. The maximum absolute atomic E-state index is 12.2. The number of hydrogen-bond donors (Lipinski definition) is 1. The van der Waals surface area contributed by atoms with Gasteiger partial charge in [0.25, 0.3) is 0 Å². The van der Waals surface area contributed by atoms with E-state index in [9.17, 15) is 8.42 Å². The second-order valence-electron chi connectivity index (χ2n) is 3.81. The van der Waals surface area contributed by atoms with Crippen LogP contribution in [0, 0.1) is 6.07 Å². The fourth-order valence-corrected chi connectivity index (χ4v) is 3.15. The summed E-state index contributed by atoms with van der Waals surface area (Å²) in [5, 5.41) is 9.10. The van der Waals surface area contributed by atoms with Crippen molar-refractivity contribution < 1.29 is 13.5 Å². The molecule has 0 amide bonds. The van der Waals surface area contributed by atoms with Crippen LogP contribution in [-0.2, 0) is 10.0 Å². The number of phenolic OH excluding ortho intramolecular Hbond substituents is 1. The van der Waals surface area contributed by atoms with Crippen LogP contribution in [0.1, 0.15) is 26.7 Å². The lowest BCUT2D eigenvalue weighted by Gasteiger charge is -2.20. The lowest BCUT2D eigenvalue weighted by Crippen LogP contribution is -2.32. The fraction of sp³-hybridized carbons (Fsp3) is 0.500. The Balaban J connectivity index is 3.02. The zero-order valence-electron chi connectivity index (χ0n) is 10.2. The van der Waals surface area contributed by atoms with Gasteiger partial charge in [0.1, 0.15) is 5.75 Å². The molecule has 17 heavy (non-hydrogen) atoms. The van der Waals surface area contributed by atoms with E-state index in [0.29, 0.717) is 13.1 Å². The molecular formula is C12H18NO3S. The first-order valence-corrected chi connectivity index (χ1v) is 7.17. The minimum atomic E-state index is -3.45. The van der Waals surface area contributed by atoms with Gasteiger partial charge in [-0.1, -0.05) is 13.8 Å². The second kappa shape index (κ2) is 6.02. The minimum Gasteiger partial charge on any atom is -0.507 e. The van der Waals surface area contributed by atoms with Crippen LogP contribution >= 0.6 is 0 Å². The topological polar surface area (TPSA) is 57.6 Å². The van der Waals surface area contributed by atoms with E-state index in [0.717, 1.165) is 12.8 Å². The number of phenols is 1. The molecule has 0 aliphatic heterocycles. The number of rotatable bonds is 6. The number of nitrogens with zero attached hydrogens (tertiary/aromatic N) is 1. The van der Waals surface area contributed by atoms with Crippen molar-refractivity contribution in [3.8, 4) is 5.75 Å². The van der Waals surface area contributed by atoms with Gasteiger partial charge in [0.15, 0.2) is 0 Å². The van der Waals surface area contributed by atoms with E-state index in [4.69, 9.17) is 5.11 Å². The molecule has 0 fully saturated rings. The lowest BCUT2D eigenvalue weighted by atomic mass is 10.3. The van der Waals surface area contributed by atoms with Crippen LogP contribution in [0.15, 0.2) is 23.1 Å². The zero-order chi connectivity index (χ0) is 12.9. The first-order valence-electron chi connectivity index (χ1n) is 5.73. The van der Waals surface area contributed by atoms with Crippen molar-refractivity contribution in [1.29, 1.82) is 0 Å². The first-order chi connectivity index (χ1) is 8.02. The van der Waals surface area contributed by atoms with Crippen molar-refractivity contribution in [2.24, 2.45) is 0 Å². The Morgan fingerprint density at radius 3 is 2.24 bits per heavy atom. The molecule has 0 unspecified atom stereocenters. The largest absolute Gasteiger partial charge is 0.507 e. The zero-order valence-corrected chi connectivity index (χ0v) is 11.0. The summed E-state index contributed by atoms with van der Waals surface area (Å²) >= 11 is 0. The quantitative estimate of drug-likeness (QED) is 0.847. The summed E-state index contributed by atoms with van der Waals surface area (Å²) in [6, 6.07) is 6.54. The third-order valence-electron chi connectivity index (χ3n) is 2.35. The van der Waals surface area contributed by atoms with Crippen LogP contribution in [0.4, 0.5) is 0 Å². The molecule has 5 heteroatoms. The van der Waals surface area contributed by atoms with Crippen molar-refractivity contribution in [1.82, 2.24) is 4.31 Å². The van der Waals surface area contributed by atoms with E-state index in [1.54, 1.807) is 0 Å². The maximum Gasteiger partial charge on any atom is 0.243 e. The van der Waals surface area contributed by atoms with Crippen LogP contribution in [-0.4, -0.2) is 30.9 Å². The number of sulfonamides is 1. The van der Waals surface area contributed by atoms with Gasteiger partial charge in [0.2, 0.25) is 10.0 Å². The average molecular weight is 256 g/mol. The molecule has 0 bridgehead atoms. The van der Waals surface area contributed by atoms with Gasteiger partial charge < -0.3 is 5.11 Å². The summed E-state index contributed by atoms with van der Waals surface area (Å²) in [6.07, 6.45) is 1.56. The Morgan fingerprint density at radius 2 is 1.82 bits per heavy atom. The van der Waals surface area contributed by atoms with E-state index >= 15 is 0 Å². The van der Waals surface area contributed by atoms with E-state index in [2.05, 4.69) is 6.07 Å². The molecule has 95 valence electrons. The van der Waals surface area contributed by atoms with Crippen LogP contribution in [0.3, 0.4) is 0 Å². The monoisotopic (exact) mass is 256 g/mol. The van der Waals surface area contributed by atoms with E-state index in [1.165, 1.54) is 22.5 Å². The van der Waals surface area contributed by atoms with Gasteiger partial charge in [-0.05, 0) is 31.0 Å². The molecule has 0 saturated carbocycles. The molecule has 1 radical (unpaired) electrons. The molecule has 1 N–H and O–H groups in total. The highest BCUT2D eigenvalue weighted by Crippen LogP contribution is 2.18. The molecule has 0 aliphatic rings. The summed E-state index contributed by atoms with van der Waals surface area (Å²) in [4.78, 5) is 0.178. The number of hydrogen-bond acceptors (Lipinski definition) is 3. The van der Waals surface area contributed by atoms with Gasteiger partial charge in [-0.25, -0.2) is 8.42 Å². The van der Waals surface area contributed by atoms with E-state index in [-0.39, 0.29) is 10.6 Å². The summed E-state index contributed by atoms with van der Waals surface area (Å²) in [5.74, 6) is -0.0542. The standard InChI is InChI=1S/C12H18NO3S/c1-3-9-13(10-4-2)17(15,16)12-7-5-11(14)6-8-12/h5,7-8,14H,3-4,9-10H2,1-2H3. The molecule has 1 aromatic rings. The van der Waals surface area contributed by atoms with Crippen LogP contribution in [0.2, 0.25) is 0 Å². The van der Waals surface area contributed by atoms with E-state index in [1.807, 2.05) is 13.8 Å². The number of aromatic hydroxyl groups is 1. The van der Waals surface area contributed by atoms with Crippen LogP contribution < -0.4 is 0 Å². The Hall–Kier alpha value is -1.07. The summed E-state index contributed by atoms with van der Waals surface area (Å²) in [5.41, 5.74) is 0. The van der Waals surface area contributed by atoms with Crippen molar-refractivity contribution in [3.05, 3.63) is 24.3 Å². The Labute approximate surface area is 103 Å². The van der Waals surface area contributed by atoms with Crippen LogP contribution in [0.5, 0.6) is 5.75 Å². The maximum atomic E-state index is 12.2. The lowest BCUT2D eigenvalue weighted by molar-refractivity contribution is 0.409. The van der Waals surface area contributed by atoms with Crippen LogP contribution in [0.25, 0.3) is 0 Å². The van der Waals surface area contributed by atoms with Crippen molar-refractivity contribution in [2.45, 2.75) is 31.6 Å². The van der Waals surface area contributed by atoms with Crippen molar-refractivity contribution >= 4 is 10.0 Å². The highest BCUT2D eigenvalue weighted by molar-refractivity contribution is 7.89. The van der Waals surface area contributed by atoms with Gasteiger partial charge in [-0.15, -0.1) is 0 Å². The fourth-order valence-electron chi connectivity index (χ4n) is 1.56. The minimum absolute atomic E-state index is 0.0542. The molecule has 1 aromatic carbocycles. The predicted octanol–water partition coefficient (Wildman–Crippen LogP) is 2.00. The molecule has 0 spiro atoms. The third-order valence-corrected chi connectivity index (χ3v) is 4.25. The average Bonchev–Trinajstić information content (AvgIpc) is 2.29. The van der Waals surface area contributed by atoms with Gasteiger partial charge in [-0.2, -0.15) is 4.31 Å². The molecule has 0 aromatic heterocycles. The Kier molecular flexibility index (Phi) is 4.96. The van der Waals surface area contributed by atoms with E-state index < -0.39 is 10.0 Å². The van der Waals surface area contributed by atoms with Gasteiger partial charge in [0, 0.05) is 19.2 Å². The third kappa shape index (κ3) is 3.44. The summed E-state index contributed by atoms with van der Waals surface area (Å²) in [7, 11) is -3.45. The van der Waals surface area contributed by atoms with Gasteiger partial charge in [-0.3, -0.25) is 0 Å². The molecule has 0 atom stereocenters. The summed E-state index contributed by atoms with van der Waals surface area (Å²) < 4.78 is 26.0. The highest BCUT2D eigenvalue weighted by Gasteiger charge is 2.22. The molecule has 4 nitrogen and oxygen atoms in total. The Bertz CT molecular complexity index is 433. The van der Waals surface area contributed by atoms with Gasteiger partial charge >= 0.3 is 0 Å². The number of benzene rings is 1. The molecular weight excluding hydrogens is 238 g/mol. The smallest absolute Gasteiger partial charge is 0.243 e. The second-order valence-corrected chi connectivity index (χ2v) is 5.75. The highest BCUT2D eigenvalue weighted by atomic mass is 32.2. The Morgan fingerprint density at radius 1 is 1.24 bits per heavy atom. The SMILES string of the molecule is CCCN(CCC)S(=O)(=O)c1c[c]c(O)cc1. The molecule has 1 rings (SSSR count). The molecule has 0 aliphatic carbocycles.